The van der Waals surface area contributed by atoms with Crippen molar-refractivity contribution >= 4 is 11.6 Å². The Bertz CT molecular complexity index is 657. The van der Waals surface area contributed by atoms with Gasteiger partial charge >= 0.3 is 0 Å². The summed E-state index contributed by atoms with van der Waals surface area (Å²) < 4.78 is 1.64. The summed E-state index contributed by atoms with van der Waals surface area (Å²) in [6, 6.07) is 2.79. The van der Waals surface area contributed by atoms with Gasteiger partial charge in [-0.25, -0.2) is 0 Å². The number of H-pyrrole nitrogens is 1. The van der Waals surface area contributed by atoms with Gasteiger partial charge in [-0.2, -0.15) is 5.10 Å². The summed E-state index contributed by atoms with van der Waals surface area (Å²) in [7, 11) is 0. The number of aryl methyl sites for hydroxylation is 2. The van der Waals surface area contributed by atoms with E-state index < -0.39 is 6.04 Å². The van der Waals surface area contributed by atoms with E-state index in [9.17, 15) is 9.59 Å². The molecule has 2 aromatic heterocycles. The predicted molar refractivity (Wildman–Crippen MR) is 72.1 cm³/mol. The van der Waals surface area contributed by atoms with Crippen molar-refractivity contribution in [2.75, 3.05) is 5.32 Å². The van der Waals surface area contributed by atoms with Gasteiger partial charge in [0.05, 0.1) is 5.69 Å². The van der Waals surface area contributed by atoms with E-state index in [4.69, 9.17) is 0 Å². The number of carbonyl (C=O) groups excluding carboxylic acids is 1. The van der Waals surface area contributed by atoms with Gasteiger partial charge in [-0.1, -0.05) is 0 Å². The molecule has 0 aromatic carbocycles. The van der Waals surface area contributed by atoms with Crippen molar-refractivity contribution in [3.05, 3.63) is 46.1 Å². The summed E-state index contributed by atoms with van der Waals surface area (Å²) in [4.78, 5) is 26.4. The minimum atomic E-state index is -0.478. The Morgan fingerprint density at radius 3 is 2.79 bits per heavy atom. The Hall–Kier alpha value is -2.37. The lowest BCUT2D eigenvalue weighted by Crippen LogP contribution is -2.27. The van der Waals surface area contributed by atoms with Gasteiger partial charge in [0.25, 0.3) is 0 Å². The molecule has 19 heavy (non-hydrogen) atoms. The molecule has 0 aliphatic rings. The van der Waals surface area contributed by atoms with Crippen molar-refractivity contribution in [3.63, 3.8) is 0 Å². The van der Waals surface area contributed by atoms with Gasteiger partial charge in [-0.05, 0) is 26.8 Å². The van der Waals surface area contributed by atoms with Crippen LogP contribution in [0.25, 0.3) is 0 Å². The third-order valence-corrected chi connectivity index (χ3v) is 2.87. The van der Waals surface area contributed by atoms with Crippen LogP contribution in [0.4, 0.5) is 5.69 Å². The lowest BCUT2D eigenvalue weighted by molar-refractivity contribution is -0.119. The molecular formula is C13H16N4O2. The molecule has 0 aliphatic carbocycles. The summed E-state index contributed by atoms with van der Waals surface area (Å²) in [5.74, 6) is -0.275. The van der Waals surface area contributed by atoms with Crippen LogP contribution in [0.15, 0.2) is 29.3 Å². The number of carbonyl (C=O) groups is 1. The first-order valence-electron chi connectivity index (χ1n) is 6.00. The van der Waals surface area contributed by atoms with Gasteiger partial charge in [0, 0.05) is 24.2 Å². The highest BCUT2D eigenvalue weighted by molar-refractivity contribution is 5.93. The molecular weight excluding hydrogens is 244 g/mol. The van der Waals surface area contributed by atoms with Crippen LogP contribution in [0.5, 0.6) is 0 Å². The monoisotopic (exact) mass is 260 g/mol. The third-order valence-electron chi connectivity index (χ3n) is 2.87. The average molecular weight is 260 g/mol. The fourth-order valence-electron chi connectivity index (χ4n) is 1.90. The van der Waals surface area contributed by atoms with E-state index in [-0.39, 0.29) is 17.0 Å². The Balaban J connectivity index is 2.19. The van der Waals surface area contributed by atoms with Gasteiger partial charge in [-0.15, -0.1) is 0 Å². The molecule has 0 bridgehead atoms. The van der Waals surface area contributed by atoms with Crippen LogP contribution in [0.1, 0.15) is 24.4 Å². The van der Waals surface area contributed by atoms with Crippen LogP contribution >= 0.6 is 0 Å². The maximum absolute atomic E-state index is 12.1. The van der Waals surface area contributed by atoms with Crippen LogP contribution in [-0.4, -0.2) is 20.7 Å². The third kappa shape index (κ3) is 2.73. The molecule has 0 aliphatic heterocycles. The topological polar surface area (TPSA) is 79.8 Å². The van der Waals surface area contributed by atoms with Crippen LogP contribution < -0.4 is 10.7 Å². The Morgan fingerprint density at radius 2 is 2.21 bits per heavy atom. The van der Waals surface area contributed by atoms with Crippen molar-refractivity contribution in [1.82, 2.24) is 14.8 Å². The van der Waals surface area contributed by atoms with Gasteiger partial charge < -0.3 is 10.3 Å². The van der Waals surface area contributed by atoms with Gasteiger partial charge in [0.1, 0.15) is 11.7 Å². The lowest BCUT2D eigenvalue weighted by atomic mass is 10.3. The molecule has 2 N–H and O–H groups in total. The highest BCUT2D eigenvalue weighted by Crippen LogP contribution is 2.12. The number of anilines is 1. The number of rotatable bonds is 3. The number of amides is 1. The van der Waals surface area contributed by atoms with E-state index in [0.717, 1.165) is 11.4 Å². The molecule has 2 rings (SSSR count). The Kier molecular flexibility index (Phi) is 3.50. The Morgan fingerprint density at radius 1 is 1.47 bits per heavy atom. The molecule has 0 saturated carbocycles. The van der Waals surface area contributed by atoms with Crippen LogP contribution in [0.3, 0.4) is 0 Å². The zero-order valence-electron chi connectivity index (χ0n) is 11.1. The fraction of sp³-hybridized carbons (Fsp3) is 0.308. The number of pyridine rings is 1. The first kappa shape index (κ1) is 13.1. The van der Waals surface area contributed by atoms with Gasteiger partial charge in [-0.3, -0.25) is 14.3 Å². The number of hydrogen-bond acceptors (Lipinski definition) is 3. The van der Waals surface area contributed by atoms with Crippen LogP contribution in [-0.2, 0) is 4.79 Å². The van der Waals surface area contributed by atoms with E-state index >= 15 is 0 Å². The van der Waals surface area contributed by atoms with Gasteiger partial charge in [0.15, 0.2) is 0 Å². The fourth-order valence-corrected chi connectivity index (χ4v) is 1.90. The van der Waals surface area contributed by atoms with Crippen molar-refractivity contribution in [3.8, 4) is 0 Å². The molecule has 0 spiro atoms. The molecule has 6 heteroatoms. The van der Waals surface area contributed by atoms with Crippen LogP contribution in [0, 0.1) is 13.8 Å². The largest absolute Gasteiger partial charge is 0.366 e. The zero-order chi connectivity index (χ0) is 14.0. The highest BCUT2D eigenvalue weighted by atomic mass is 16.2. The number of aromatic nitrogens is 3. The Labute approximate surface area is 110 Å². The van der Waals surface area contributed by atoms with E-state index in [1.54, 1.807) is 11.6 Å². The first-order valence-corrected chi connectivity index (χ1v) is 6.00. The number of nitrogens with zero attached hydrogens (tertiary/aromatic N) is 2. The van der Waals surface area contributed by atoms with Crippen molar-refractivity contribution in [2.24, 2.45) is 0 Å². The molecule has 6 nitrogen and oxygen atoms in total. The van der Waals surface area contributed by atoms with E-state index in [1.165, 1.54) is 18.5 Å². The molecule has 0 fully saturated rings. The first-order chi connectivity index (χ1) is 8.99. The second-order valence-corrected chi connectivity index (χ2v) is 4.46. The smallest absolute Gasteiger partial charge is 0.249 e. The second-order valence-electron chi connectivity index (χ2n) is 4.46. The van der Waals surface area contributed by atoms with Crippen LogP contribution in [0.2, 0.25) is 0 Å². The molecule has 1 unspecified atom stereocenters. The molecule has 1 atom stereocenters. The number of nitrogens with one attached hydrogen (secondary N) is 2. The maximum Gasteiger partial charge on any atom is 0.249 e. The minimum Gasteiger partial charge on any atom is -0.366 e. The maximum atomic E-state index is 12.1. The normalized spacial score (nSPS) is 12.2. The summed E-state index contributed by atoms with van der Waals surface area (Å²) in [6.45, 7) is 5.50. The molecule has 0 radical (unpaired) electrons. The molecule has 100 valence electrons. The molecule has 2 aromatic rings. The number of aromatic amines is 1. The number of hydrogen-bond donors (Lipinski definition) is 2. The SMILES string of the molecule is Cc1cc(C)n(C(C)C(=O)Nc2c[nH]ccc2=O)n1. The summed E-state index contributed by atoms with van der Waals surface area (Å²) >= 11 is 0. The molecule has 1 amide bonds. The highest BCUT2D eigenvalue weighted by Gasteiger charge is 2.18. The summed E-state index contributed by atoms with van der Waals surface area (Å²) in [6.07, 6.45) is 2.98. The second kappa shape index (κ2) is 5.09. The van der Waals surface area contributed by atoms with Crippen molar-refractivity contribution in [2.45, 2.75) is 26.8 Å². The molecule has 0 saturated heterocycles. The van der Waals surface area contributed by atoms with E-state index in [2.05, 4.69) is 15.4 Å². The van der Waals surface area contributed by atoms with Crippen molar-refractivity contribution < 1.29 is 4.79 Å². The average Bonchev–Trinajstić information content (AvgIpc) is 2.70. The minimum absolute atomic E-state index is 0.229. The molecule has 2 heterocycles. The van der Waals surface area contributed by atoms with Crippen molar-refractivity contribution in [1.29, 1.82) is 0 Å². The zero-order valence-corrected chi connectivity index (χ0v) is 11.1. The van der Waals surface area contributed by atoms with Gasteiger partial charge in [0.2, 0.25) is 11.3 Å². The van der Waals surface area contributed by atoms with E-state index in [0.29, 0.717) is 0 Å². The lowest BCUT2D eigenvalue weighted by Gasteiger charge is -2.14. The quantitative estimate of drug-likeness (QED) is 0.875. The van der Waals surface area contributed by atoms with E-state index in [1.807, 2.05) is 19.9 Å². The standard InChI is InChI=1S/C13H16N4O2/c1-8-6-9(2)17(16-8)10(3)13(19)15-11-7-14-5-4-12(11)18/h4-7,10H,1-3H3,(H,14,18)(H,15,19). The summed E-state index contributed by atoms with van der Waals surface area (Å²) in [5, 5.41) is 6.87. The summed E-state index contributed by atoms with van der Waals surface area (Å²) in [5.41, 5.74) is 1.77. The predicted octanol–water partition coefficient (Wildman–Crippen LogP) is 1.39.